The molecule has 0 atom stereocenters. The van der Waals surface area contributed by atoms with Gasteiger partial charge in [0.2, 0.25) is 11.0 Å². The lowest BCUT2D eigenvalue weighted by Gasteiger charge is -2.21. The molecule has 0 aliphatic heterocycles. The van der Waals surface area contributed by atoms with E-state index in [1.165, 1.54) is 55.2 Å². The minimum absolute atomic E-state index is 0.0928. The first-order chi connectivity index (χ1) is 14.2. The van der Waals surface area contributed by atoms with E-state index in [2.05, 4.69) is 26.1 Å². The second-order valence-corrected chi connectivity index (χ2v) is 9.72. The zero-order valence-corrected chi connectivity index (χ0v) is 17.8. The van der Waals surface area contributed by atoms with Crippen LogP contribution in [0.15, 0.2) is 28.6 Å². The lowest BCUT2D eigenvalue weighted by atomic mass is 9.96. The molecule has 1 aromatic carbocycles. The maximum Gasteiger partial charge on any atom is 0.251 e. The summed E-state index contributed by atoms with van der Waals surface area (Å²) in [6.07, 6.45) is 8.30. The molecule has 2 fully saturated rings. The third-order valence-electron chi connectivity index (χ3n) is 4.99. The minimum Gasteiger partial charge on any atom is -0.357 e. The first-order valence-electron chi connectivity index (χ1n) is 10.1. The largest absolute Gasteiger partial charge is 0.357 e. The number of anilines is 2. The van der Waals surface area contributed by atoms with Gasteiger partial charge in [0.1, 0.15) is 0 Å². The minimum atomic E-state index is -0.133. The highest BCUT2D eigenvalue weighted by molar-refractivity contribution is 8.01. The molecule has 0 bridgehead atoms. The van der Waals surface area contributed by atoms with Crippen LogP contribution in [0.2, 0.25) is 0 Å². The summed E-state index contributed by atoms with van der Waals surface area (Å²) in [4.78, 5) is 24.4. The molecule has 2 aromatic rings. The molecule has 0 unspecified atom stereocenters. The number of carbonyl (C=O) groups is 2. The summed E-state index contributed by atoms with van der Waals surface area (Å²) < 4.78 is 0.774. The summed E-state index contributed by atoms with van der Waals surface area (Å²) in [5, 5.41) is 18.4. The van der Waals surface area contributed by atoms with E-state index in [1.807, 2.05) is 0 Å². The molecular weight excluding hydrogens is 406 g/mol. The molecule has 0 radical (unpaired) electrons. The van der Waals surface area contributed by atoms with Crippen LogP contribution in [0.25, 0.3) is 0 Å². The summed E-state index contributed by atoms with van der Waals surface area (Å²) in [5.41, 5.74) is 1.18. The summed E-state index contributed by atoms with van der Waals surface area (Å²) in [5.74, 6) is 0.0212. The van der Waals surface area contributed by atoms with Gasteiger partial charge in [0, 0.05) is 23.3 Å². The van der Waals surface area contributed by atoms with Crippen LogP contribution in [0.3, 0.4) is 0 Å². The molecule has 9 heteroatoms. The van der Waals surface area contributed by atoms with Crippen molar-refractivity contribution >= 4 is 45.7 Å². The Bertz CT molecular complexity index is 862. The van der Waals surface area contributed by atoms with Gasteiger partial charge in [-0.2, -0.15) is 0 Å². The van der Waals surface area contributed by atoms with E-state index in [4.69, 9.17) is 0 Å². The van der Waals surface area contributed by atoms with Crippen LogP contribution in [-0.4, -0.2) is 39.8 Å². The summed E-state index contributed by atoms with van der Waals surface area (Å²) in [6, 6.07) is 7.82. The predicted molar refractivity (Wildman–Crippen MR) is 117 cm³/mol. The Balaban J connectivity index is 1.24. The van der Waals surface area contributed by atoms with Crippen molar-refractivity contribution in [2.45, 2.75) is 61.4 Å². The molecule has 1 heterocycles. The van der Waals surface area contributed by atoms with Gasteiger partial charge >= 0.3 is 0 Å². The van der Waals surface area contributed by atoms with Crippen LogP contribution >= 0.6 is 23.1 Å². The lowest BCUT2D eigenvalue weighted by molar-refractivity contribution is -0.113. The number of benzene rings is 1. The first kappa shape index (κ1) is 20.2. The Morgan fingerprint density at radius 1 is 1.07 bits per heavy atom. The molecule has 29 heavy (non-hydrogen) atoms. The van der Waals surface area contributed by atoms with Gasteiger partial charge in [-0.1, -0.05) is 48.4 Å². The third-order valence-corrected chi connectivity index (χ3v) is 6.97. The monoisotopic (exact) mass is 431 g/mol. The second-order valence-electron chi connectivity index (χ2n) is 7.52. The molecule has 2 saturated carbocycles. The van der Waals surface area contributed by atoms with E-state index >= 15 is 0 Å². The molecule has 7 nitrogen and oxygen atoms in total. The Kier molecular flexibility index (Phi) is 6.66. The van der Waals surface area contributed by atoms with E-state index in [1.54, 1.807) is 24.3 Å². The van der Waals surface area contributed by atoms with Crippen molar-refractivity contribution < 1.29 is 9.59 Å². The van der Waals surface area contributed by atoms with Gasteiger partial charge in [-0.15, -0.1) is 10.2 Å². The SMILES string of the molecule is O=C(CSc1nnc(NC2CCCCC2)s1)Nc1cccc(C(=O)NC2CC2)c1. The number of hydrogen-bond acceptors (Lipinski definition) is 7. The average molecular weight is 432 g/mol. The van der Waals surface area contributed by atoms with E-state index in [9.17, 15) is 9.59 Å². The van der Waals surface area contributed by atoms with Crippen molar-refractivity contribution in [2.75, 3.05) is 16.4 Å². The molecule has 1 aromatic heterocycles. The Morgan fingerprint density at radius 3 is 2.69 bits per heavy atom. The number of nitrogens with zero attached hydrogens (tertiary/aromatic N) is 2. The van der Waals surface area contributed by atoms with Crippen molar-refractivity contribution in [2.24, 2.45) is 0 Å². The number of thioether (sulfide) groups is 1. The van der Waals surface area contributed by atoms with Crippen molar-refractivity contribution in [3.63, 3.8) is 0 Å². The van der Waals surface area contributed by atoms with Crippen molar-refractivity contribution in [3.05, 3.63) is 29.8 Å². The van der Waals surface area contributed by atoms with Gasteiger partial charge in [0.05, 0.1) is 5.75 Å². The normalized spacial score (nSPS) is 17.0. The van der Waals surface area contributed by atoms with E-state index in [0.29, 0.717) is 23.3 Å². The number of hydrogen-bond donors (Lipinski definition) is 3. The quantitative estimate of drug-likeness (QED) is 0.549. The number of aromatic nitrogens is 2. The smallest absolute Gasteiger partial charge is 0.251 e. The van der Waals surface area contributed by atoms with Crippen LogP contribution in [0.4, 0.5) is 10.8 Å². The molecule has 0 spiro atoms. The summed E-state index contributed by atoms with van der Waals surface area (Å²) >= 11 is 2.86. The lowest BCUT2D eigenvalue weighted by Crippen LogP contribution is -2.25. The molecule has 4 rings (SSSR count). The van der Waals surface area contributed by atoms with Crippen molar-refractivity contribution in [1.29, 1.82) is 0 Å². The van der Waals surface area contributed by atoms with Crippen molar-refractivity contribution in [1.82, 2.24) is 15.5 Å². The van der Waals surface area contributed by atoms with Crippen LogP contribution in [0.1, 0.15) is 55.3 Å². The Morgan fingerprint density at radius 2 is 1.90 bits per heavy atom. The average Bonchev–Trinajstić information content (AvgIpc) is 3.43. The fourth-order valence-corrected chi connectivity index (χ4v) is 4.94. The van der Waals surface area contributed by atoms with Crippen LogP contribution in [-0.2, 0) is 4.79 Å². The maximum absolute atomic E-state index is 12.3. The molecule has 2 amide bonds. The zero-order valence-electron chi connectivity index (χ0n) is 16.1. The van der Waals surface area contributed by atoms with Crippen molar-refractivity contribution in [3.8, 4) is 0 Å². The Labute approximate surface area is 178 Å². The molecule has 0 saturated heterocycles. The highest BCUT2D eigenvalue weighted by Crippen LogP contribution is 2.28. The zero-order chi connectivity index (χ0) is 20.1. The van der Waals surface area contributed by atoms with E-state index in [-0.39, 0.29) is 17.6 Å². The fourth-order valence-electron chi connectivity index (χ4n) is 3.31. The number of carbonyl (C=O) groups excluding carboxylic acids is 2. The molecule has 2 aliphatic carbocycles. The second kappa shape index (κ2) is 9.58. The van der Waals surface area contributed by atoms with Gasteiger partial charge in [-0.25, -0.2) is 0 Å². The molecule has 154 valence electrons. The Hall–Kier alpha value is -2.13. The van der Waals surface area contributed by atoms with Crippen LogP contribution in [0.5, 0.6) is 0 Å². The highest BCUT2D eigenvalue weighted by Gasteiger charge is 2.23. The maximum atomic E-state index is 12.3. The van der Waals surface area contributed by atoms with Gasteiger partial charge in [-0.3, -0.25) is 9.59 Å². The molecular formula is C20H25N5O2S2. The van der Waals surface area contributed by atoms with Crippen LogP contribution < -0.4 is 16.0 Å². The molecule has 2 aliphatic rings. The fraction of sp³-hybridized carbons (Fsp3) is 0.500. The number of rotatable bonds is 8. The standard InChI is InChI=1S/C20H25N5O2S2/c26-17(21-16-8-4-5-13(11-16)18(27)22-15-9-10-15)12-28-20-25-24-19(29-20)23-14-6-2-1-3-7-14/h4-5,8,11,14-15H,1-3,6-7,9-10,12H2,(H,21,26)(H,22,27)(H,23,24). The van der Waals surface area contributed by atoms with Gasteiger partial charge in [0.15, 0.2) is 4.34 Å². The first-order valence-corrected chi connectivity index (χ1v) is 11.9. The van der Waals surface area contributed by atoms with E-state index < -0.39 is 0 Å². The molecule has 3 N–H and O–H groups in total. The van der Waals surface area contributed by atoms with Gasteiger partial charge < -0.3 is 16.0 Å². The van der Waals surface area contributed by atoms with Gasteiger partial charge in [-0.05, 0) is 43.9 Å². The predicted octanol–water partition coefficient (Wildman–Crippen LogP) is 3.91. The third kappa shape index (κ3) is 6.17. The number of nitrogens with one attached hydrogen (secondary N) is 3. The summed E-state index contributed by atoms with van der Waals surface area (Å²) in [6.45, 7) is 0. The number of amides is 2. The topological polar surface area (TPSA) is 96.0 Å². The van der Waals surface area contributed by atoms with E-state index in [0.717, 1.165) is 22.3 Å². The summed E-state index contributed by atoms with van der Waals surface area (Å²) in [7, 11) is 0. The highest BCUT2D eigenvalue weighted by atomic mass is 32.2. The van der Waals surface area contributed by atoms with Crippen LogP contribution in [0, 0.1) is 0 Å². The van der Waals surface area contributed by atoms with Gasteiger partial charge in [0.25, 0.3) is 5.91 Å².